The first-order chi connectivity index (χ1) is 9.72. The van der Waals surface area contributed by atoms with Gasteiger partial charge in [0.25, 0.3) is 0 Å². The van der Waals surface area contributed by atoms with Crippen molar-refractivity contribution in [2.75, 3.05) is 11.9 Å². The van der Waals surface area contributed by atoms with E-state index in [1.807, 2.05) is 37.3 Å². The highest BCUT2D eigenvalue weighted by Crippen LogP contribution is 2.18. The van der Waals surface area contributed by atoms with Crippen molar-refractivity contribution in [3.05, 3.63) is 36.5 Å². The number of benzene rings is 1. The third-order valence-corrected chi connectivity index (χ3v) is 3.00. The van der Waals surface area contributed by atoms with Crippen LogP contribution in [0.15, 0.2) is 36.5 Å². The van der Waals surface area contributed by atoms with E-state index in [9.17, 15) is 4.79 Å². The molecule has 0 aliphatic carbocycles. The number of nitrogens with zero attached hydrogens (tertiary/aromatic N) is 1. The van der Waals surface area contributed by atoms with Crippen LogP contribution in [-0.2, 0) is 0 Å². The number of amides is 2. The Bertz CT molecular complexity index is 533. The number of anilines is 1. The second kappa shape index (κ2) is 6.72. The number of carbonyl (C=O) groups is 1. The molecule has 0 saturated heterocycles. The molecule has 0 fully saturated rings. The van der Waals surface area contributed by atoms with Gasteiger partial charge < -0.3 is 15.7 Å². The zero-order valence-electron chi connectivity index (χ0n) is 11.3. The summed E-state index contributed by atoms with van der Waals surface area (Å²) in [7, 11) is 0. The van der Waals surface area contributed by atoms with Gasteiger partial charge in [0.05, 0.1) is 18.3 Å². The smallest absolute Gasteiger partial charge is 0.319 e. The van der Waals surface area contributed by atoms with Crippen LogP contribution in [-0.4, -0.2) is 34.0 Å². The van der Waals surface area contributed by atoms with Gasteiger partial charge in [-0.1, -0.05) is 19.1 Å². The largest absolute Gasteiger partial charge is 0.394 e. The third kappa shape index (κ3) is 3.58. The summed E-state index contributed by atoms with van der Waals surface area (Å²) in [5, 5.41) is 21.2. The van der Waals surface area contributed by atoms with Gasteiger partial charge in [-0.05, 0) is 30.2 Å². The van der Waals surface area contributed by atoms with Gasteiger partial charge >= 0.3 is 6.03 Å². The van der Waals surface area contributed by atoms with Crippen LogP contribution in [0.3, 0.4) is 0 Å². The van der Waals surface area contributed by atoms with Crippen molar-refractivity contribution in [1.29, 1.82) is 0 Å². The van der Waals surface area contributed by atoms with Crippen molar-refractivity contribution in [2.24, 2.45) is 0 Å². The molecule has 0 saturated carbocycles. The van der Waals surface area contributed by atoms with Gasteiger partial charge in [-0.25, -0.2) is 4.79 Å². The lowest BCUT2D eigenvalue weighted by Gasteiger charge is -2.14. The van der Waals surface area contributed by atoms with Crippen molar-refractivity contribution >= 4 is 11.7 Å². The van der Waals surface area contributed by atoms with Crippen LogP contribution in [0.4, 0.5) is 10.5 Å². The number of aromatic nitrogens is 2. The van der Waals surface area contributed by atoms with Crippen LogP contribution in [0.2, 0.25) is 0 Å². The second-order valence-corrected chi connectivity index (χ2v) is 4.43. The lowest BCUT2D eigenvalue weighted by atomic mass is 10.1. The molecule has 0 aliphatic rings. The second-order valence-electron chi connectivity index (χ2n) is 4.43. The summed E-state index contributed by atoms with van der Waals surface area (Å²) in [4.78, 5) is 11.7. The molecule has 2 amide bonds. The van der Waals surface area contributed by atoms with Crippen LogP contribution in [0.1, 0.15) is 13.3 Å². The van der Waals surface area contributed by atoms with Gasteiger partial charge in [-0.3, -0.25) is 5.10 Å². The summed E-state index contributed by atoms with van der Waals surface area (Å²) in [6, 6.07) is 8.76. The summed E-state index contributed by atoms with van der Waals surface area (Å²) in [5.41, 5.74) is 2.61. The van der Waals surface area contributed by atoms with Crippen molar-refractivity contribution in [1.82, 2.24) is 15.5 Å². The monoisotopic (exact) mass is 274 g/mol. The number of aromatic amines is 1. The highest BCUT2D eigenvalue weighted by Gasteiger charge is 2.09. The van der Waals surface area contributed by atoms with Gasteiger partial charge in [0, 0.05) is 11.9 Å². The quantitative estimate of drug-likeness (QED) is 0.672. The average molecular weight is 274 g/mol. The van der Waals surface area contributed by atoms with Crippen LogP contribution in [0.5, 0.6) is 0 Å². The Morgan fingerprint density at radius 2 is 2.10 bits per heavy atom. The summed E-state index contributed by atoms with van der Waals surface area (Å²) in [6.45, 7) is 1.84. The molecule has 2 aromatic rings. The molecule has 0 radical (unpaired) electrons. The Morgan fingerprint density at radius 3 is 2.65 bits per heavy atom. The summed E-state index contributed by atoms with van der Waals surface area (Å²) < 4.78 is 0. The first-order valence-corrected chi connectivity index (χ1v) is 6.51. The van der Waals surface area contributed by atoms with E-state index in [4.69, 9.17) is 5.11 Å². The Morgan fingerprint density at radius 1 is 1.35 bits per heavy atom. The molecule has 106 valence electrons. The predicted molar refractivity (Wildman–Crippen MR) is 77.3 cm³/mol. The minimum absolute atomic E-state index is 0.0668. The molecule has 6 nitrogen and oxygen atoms in total. The number of nitrogens with one attached hydrogen (secondary N) is 3. The molecular formula is C14H18N4O2. The first-order valence-electron chi connectivity index (χ1n) is 6.51. The minimum Gasteiger partial charge on any atom is -0.394 e. The molecule has 1 atom stereocenters. The lowest BCUT2D eigenvalue weighted by molar-refractivity contribution is 0.222. The fourth-order valence-electron chi connectivity index (χ4n) is 1.78. The molecule has 1 aromatic carbocycles. The van der Waals surface area contributed by atoms with Crippen molar-refractivity contribution in [3.8, 4) is 11.3 Å². The summed E-state index contributed by atoms with van der Waals surface area (Å²) in [5.74, 6) is 0. The Hall–Kier alpha value is -2.34. The molecule has 1 unspecified atom stereocenters. The van der Waals surface area contributed by atoms with Crippen LogP contribution in [0, 0.1) is 0 Å². The van der Waals surface area contributed by atoms with E-state index < -0.39 is 0 Å². The highest BCUT2D eigenvalue weighted by molar-refractivity contribution is 5.89. The van der Waals surface area contributed by atoms with Gasteiger partial charge in [0.1, 0.15) is 0 Å². The predicted octanol–water partition coefficient (Wildman–Crippen LogP) is 1.97. The van der Waals surface area contributed by atoms with E-state index in [1.54, 1.807) is 6.20 Å². The van der Waals surface area contributed by atoms with E-state index in [2.05, 4.69) is 20.8 Å². The number of urea groups is 1. The lowest BCUT2D eigenvalue weighted by Crippen LogP contribution is -2.39. The van der Waals surface area contributed by atoms with Gasteiger partial charge in [-0.15, -0.1) is 0 Å². The number of aliphatic hydroxyl groups is 1. The zero-order valence-corrected chi connectivity index (χ0v) is 11.3. The van der Waals surface area contributed by atoms with Gasteiger partial charge in [-0.2, -0.15) is 5.10 Å². The molecule has 0 bridgehead atoms. The average Bonchev–Trinajstić information content (AvgIpc) is 2.99. The van der Waals surface area contributed by atoms with E-state index in [0.29, 0.717) is 12.1 Å². The van der Waals surface area contributed by atoms with E-state index in [1.165, 1.54) is 0 Å². The van der Waals surface area contributed by atoms with E-state index in [-0.39, 0.29) is 18.7 Å². The fourth-order valence-corrected chi connectivity index (χ4v) is 1.78. The number of H-pyrrole nitrogens is 1. The molecule has 4 N–H and O–H groups in total. The van der Waals surface area contributed by atoms with Crippen molar-refractivity contribution in [3.63, 3.8) is 0 Å². The first kappa shape index (κ1) is 14.1. The number of rotatable bonds is 5. The summed E-state index contributed by atoms with van der Waals surface area (Å²) in [6.07, 6.45) is 2.37. The number of carbonyl (C=O) groups excluding carboxylic acids is 1. The minimum atomic E-state index is -0.319. The molecule has 0 aliphatic heterocycles. The van der Waals surface area contributed by atoms with Crippen molar-refractivity contribution in [2.45, 2.75) is 19.4 Å². The van der Waals surface area contributed by atoms with Gasteiger partial charge in [0.15, 0.2) is 0 Å². The highest BCUT2D eigenvalue weighted by atomic mass is 16.3. The van der Waals surface area contributed by atoms with E-state index >= 15 is 0 Å². The van der Waals surface area contributed by atoms with Gasteiger partial charge in [0.2, 0.25) is 0 Å². The molecule has 6 heteroatoms. The Kier molecular flexibility index (Phi) is 4.73. The maximum Gasteiger partial charge on any atom is 0.319 e. The van der Waals surface area contributed by atoms with Crippen LogP contribution >= 0.6 is 0 Å². The molecule has 1 aromatic heterocycles. The fraction of sp³-hybridized carbons (Fsp3) is 0.286. The molecular weight excluding hydrogens is 256 g/mol. The number of hydrogen-bond acceptors (Lipinski definition) is 3. The summed E-state index contributed by atoms with van der Waals surface area (Å²) >= 11 is 0. The number of hydrogen-bond donors (Lipinski definition) is 4. The van der Waals surface area contributed by atoms with Crippen molar-refractivity contribution < 1.29 is 9.90 Å². The Labute approximate surface area is 117 Å². The molecule has 1 heterocycles. The number of aliphatic hydroxyl groups excluding tert-OH is 1. The van der Waals surface area contributed by atoms with E-state index in [0.717, 1.165) is 11.3 Å². The zero-order chi connectivity index (χ0) is 14.4. The molecule has 2 rings (SSSR count). The standard InChI is InChI=1S/C14H18N4O2/c1-2-11(9-19)16-14(20)17-12-5-3-10(4-6-12)13-7-8-15-18-13/h3-8,11,19H,2,9H2,1H3,(H,15,18)(H2,16,17,20). The molecule has 0 spiro atoms. The SMILES string of the molecule is CCC(CO)NC(=O)Nc1ccc(-c2ccn[nH]2)cc1. The van der Waals surface area contributed by atoms with Crippen LogP contribution < -0.4 is 10.6 Å². The molecule has 20 heavy (non-hydrogen) atoms. The third-order valence-electron chi connectivity index (χ3n) is 3.00. The Balaban J connectivity index is 1.95. The maximum atomic E-state index is 11.7. The normalized spacial score (nSPS) is 11.9. The maximum absolute atomic E-state index is 11.7. The topological polar surface area (TPSA) is 90.0 Å². The van der Waals surface area contributed by atoms with Crippen LogP contribution in [0.25, 0.3) is 11.3 Å².